The van der Waals surface area contributed by atoms with E-state index in [1.54, 1.807) is 11.3 Å². The summed E-state index contributed by atoms with van der Waals surface area (Å²) in [7, 11) is 0. The summed E-state index contributed by atoms with van der Waals surface area (Å²) < 4.78 is 0. The molecule has 0 aromatic carbocycles. The molecule has 1 heterocycles. The summed E-state index contributed by atoms with van der Waals surface area (Å²) in [6.07, 6.45) is 11.0. The van der Waals surface area contributed by atoms with Crippen molar-refractivity contribution in [2.75, 3.05) is 0 Å². The van der Waals surface area contributed by atoms with Crippen molar-refractivity contribution < 1.29 is 0 Å². The lowest BCUT2D eigenvalue weighted by Gasteiger charge is -2.31. The average Bonchev–Trinajstić information content (AvgIpc) is 2.83. The van der Waals surface area contributed by atoms with Crippen molar-refractivity contribution in [1.82, 2.24) is 4.98 Å². The van der Waals surface area contributed by atoms with Gasteiger partial charge in [-0.2, -0.15) is 0 Å². The van der Waals surface area contributed by atoms with Gasteiger partial charge in [-0.3, -0.25) is 0 Å². The molecule has 1 aliphatic carbocycles. The van der Waals surface area contributed by atoms with E-state index in [1.165, 1.54) is 43.5 Å². The van der Waals surface area contributed by atoms with Gasteiger partial charge < -0.3 is 5.73 Å². The van der Waals surface area contributed by atoms with Gasteiger partial charge in [-0.05, 0) is 24.7 Å². The lowest BCUT2D eigenvalue weighted by atomic mass is 9.76. The molecule has 0 radical (unpaired) electrons. The van der Waals surface area contributed by atoms with Crippen LogP contribution in [0.3, 0.4) is 0 Å². The summed E-state index contributed by atoms with van der Waals surface area (Å²) in [6.45, 7) is 2.29. The smallest absolute Gasteiger partial charge is 0.0940 e. The predicted octanol–water partition coefficient (Wildman–Crippen LogP) is 3.62. The number of thiazole rings is 1. The Morgan fingerprint density at radius 1 is 1.41 bits per heavy atom. The SMILES string of the molecule is CCCC1CCC(C(N)Cc2nccs2)CC1. The van der Waals surface area contributed by atoms with E-state index in [4.69, 9.17) is 5.73 Å². The maximum atomic E-state index is 6.33. The Morgan fingerprint density at radius 3 is 2.76 bits per heavy atom. The highest BCUT2D eigenvalue weighted by Crippen LogP contribution is 2.33. The molecule has 2 N–H and O–H groups in total. The predicted molar refractivity (Wildman–Crippen MR) is 74.1 cm³/mol. The van der Waals surface area contributed by atoms with Gasteiger partial charge in [-0.25, -0.2) is 4.98 Å². The van der Waals surface area contributed by atoms with E-state index in [-0.39, 0.29) is 0 Å². The van der Waals surface area contributed by atoms with Gasteiger partial charge in [0.1, 0.15) is 0 Å². The Morgan fingerprint density at radius 2 is 2.18 bits per heavy atom. The van der Waals surface area contributed by atoms with Crippen LogP contribution in [0.15, 0.2) is 11.6 Å². The Hall–Kier alpha value is -0.410. The summed E-state index contributed by atoms with van der Waals surface area (Å²) in [4.78, 5) is 4.33. The van der Waals surface area contributed by atoms with Crippen LogP contribution in [0.25, 0.3) is 0 Å². The molecule has 2 nitrogen and oxygen atoms in total. The van der Waals surface area contributed by atoms with Crippen LogP contribution in [-0.2, 0) is 6.42 Å². The molecule has 1 aliphatic rings. The van der Waals surface area contributed by atoms with Gasteiger partial charge in [-0.1, -0.05) is 32.6 Å². The van der Waals surface area contributed by atoms with Gasteiger partial charge in [0.2, 0.25) is 0 Å². The average molecular weight is 252 g/mol. The zero-order valence-electron chi connectivity index (χ0n) is 10.8. The molecule has 0 saturated heterocycles. The van der Waals surface area contributed by atoms with E-state index in [1.807, 2.05) is 11.6 Å². The van der Waals surface area contributed by atoms with Crippen LogP contribution in [0.5, 0.6) is 0 Å². The molecular weight excluding hydrogens is 228 g/mol. The van der Waals surface area contributed by atoms with Crippen molar-refractivity contribution in [3.05, 3.63) is 16.6 Å². The molecule has 1 aromatic heterocycles. The normalized spacial score (nSPS) is 26.9. The third-order valence-electron chi connectivity index (χ3n) is 4.09. The fourth-order valence-electron chi connectivity index (χ4n) is 3.04. The fraction of sp³-hybridized carbons (Fsp3) is 0.786. The zero-order valence-corrected chi connectivity index (χ0v) is 11.6. The molecular formula is C14H24N2S. The number of rotatable bonds is 5. The number of hydrogen-bond donors (Lipinski definition) is 1. The highest BCUT2D eigenvalue weighted by atomic mass is 32.1. The quantitative estimate of drug-likeness (QED) is 0.869. The third kappa shape index (κ3) is 3.78. The van der Waals surface area contributed by atoms with Crippen molar-refractivity contribution in [3.63, 3.8) is 0 Å². The summed E-state index contributed by atoms with van der Waals surface area (Å²) >= 11 is 1.73. The highest BCUT2D eigenvalue weighted by Gasteiger charge is 2.25. The molecule has 3 heteroatoms. The van der Waals surface area contributed by atoms with Gasteiger partial charge >= 0.3 is 0 Å². The van der Waals surface area contributed by atoms with Crippen LogP contribution in [0.4, 0.5) is 0 Å². The molecule has 1 fully saturated rings. The Balaban J connectivity index is 1.76. The van der Waals surface area contributed by atoms with Crippen LogP contribution in [0, 0.1) is 11.8 Å². The fourth-order valence-corrected chi connectivity index (χ4v) is 3.72. The summed E-state index contributed by atoms with van der Waals surface area (Å²) in [5, 5.41) is 3.24. The molecule has 0 bridgehead atoms. The first-order valence-corrected chi connectivity index (χ1v) is 7.81. The molecule has 17 heavy (non-hydrogen) atoms. The lowest BCUT2D eigenvalue weighted by Crippen LogP contribution is -2.34. The summed E-state index contributed by atoms with van der Waals surface area (Å²) in [6, 6.07) is 0.323. The van der Waals surface area contributed by atoms with Crippen LogP contribution in [0.1, 0.15) is 50.5 Å². The molecule has 0 amide bonds. The number of nitrogens with two attached hydrogens (primary N) is 1. The number of nitrogens with zero attached hydrogens (tertiary/aromatic N) is 1. The third-order valence-corrected chi connectivity index (χ3v) is 4.89. The maximum absolute atomic E-state index is 6.33. The first-order valence-electron chi connectivity index (χ1n) is 6.93. The summed E-state index contributed by atoms with van der Waals surface area (Å²) in [5.74, 6) is 1.70. The molecule has 1 atom stereocenters. The topological polar surface area (TPSA) is 38.9 Å². The monoisotopic (exact) mass is 252 g/mol. The van der Waals surface area contributed by atoms with E-state index in [9.17, 15) is 0 Å². The second-order valence-electron chi connectivity index (χ2n) is 5.36. The largest absolute Gasteiger partial charge is 0.327 e. The van der Waals surface area contributed by atoms with Gasteiger partial charge in [-0.15, -0.1) is 11.3 Å². The van der Waals surface area contributed by atoms with Crippen LogP contribution >= 0.6 is 11.3 Å². The molecule has 96 valence electrons. The zero-order chi connectivity index (χ0) is 12.1. The van der Waals surface area contributed by atoms with Crippen molar-refractivity contribution in [2.45, 2.75) is 57.9 Å². The number of hydrogen-bond acceptors (Lipinski definition) is 3. The minimum absolute atomic E-state index is 0.323. The maximum Gasteiger partial charge on any atom is 0.0940 e. The van der Waals surface area contributed by atoms with Crippen molar-refractivity contribution in [3.8, 4) is 0 Å². The van der Waals surface area contributed by atoms with Gasteiger partial charge in [0.15, 0.2) is 0 Å². The molecule has 2 rings (SSSR count). The van der Waals surface area contributed by atoms with Crippen LogP contribution in [-0.4, -0.2) is 11.0 Å². The van der Waals surface area contributed by atoms with Crippen molar-refractivity contribution in [2.24, 2.45) is 17.6 Å². The molecule has 1 aromatic rings. The van der Waals surface area contributed by atoms with E-state index < -0.39 is 0 Å². The van der Waals surface area contributed by atoms with Crippen molar-refractivity contribution in [1.29, 1.82) is 0 Å². The number of aromatic nitrogens is 1. The molecule has 1 saturated carbocycles. The van der Waals surface area contributed by atoms with E-state index >= 15 is 0 Å². The second kappa shape index (κ2) is 6.50. The molecule has 0 spiro atoms. The van der Waals surface area contributed by atoms with Crippen molar-refractivity contribution >= 4 is 11.3 Å². The molecule has 1 unspecified atom stereocenters. The van der Waals surface area contributed by atoms with Gasteiger partial charge in [0, 0.05) is 24.0 Å². The van der Waals surface area contributed by atoms with Gasteiger partial charge in [0.25, 0.3) is 0 Å². The molecule has 0 aliphatic heterocycles. The first-order chi connectivity index (χ1) is 8.29. The van der Waals surface area contributed by atoms with Crippen LogP contribution in [0.2, 0.25) is 0 Å². The Kier molecular flexibility index (Phi) is 4.99. The van der Waals surface area contributed by atoms with E-state index in [2.05, 4.69) is 11.9 Å². The van der Waals surface area contributed by atoms with Crippen LogP contribution < -0.4 is 5.73 Å². The Bertz CT molecular complexity index is 302. The minimum atomic E-state index is 0.323. The van der Waals surface area contributed by atoms with E-state index in [0.717, 1.165) is 18.3 Å². The highest BCUT2D eigenvalue weighted by molar-refractivity contribution is 7.09. The first kappa shape index (κ1) is 13.0. The van der Waals surface area contributed by atoms with E-state index in [0.29, 0.717) is 6.04 Å². The minimum Gasteiger partial charge on any atom is -0.327 e. The Labute approximate surface area is 109 Å². The van der Waals surface area contributed by atoms with Gasteiger partial charge in [0.05, 0.1) is 5.01 Å². The summed E-state index contributed by atoms with van der Waals surface area (Å²) in [5.41, 5.74) is 6.33. The lowest BCUT2D eigenvalue weighted by molar-refractivity contribution is 0.232. The second-order valence-corrected chi connectivity index (χ2v) is 6.34. The standard InChI is InChI=1S/C14H24N2S/c1-2-3-11-4-6-12(7-5-11)13(15)10-14-16-8-9-17-14/h8-9,11-13H,2-7,10,15H2,1H3.